The van der Waals surface area contributed by atoms with Gasteiger partial charge in [-0.15, -0.1) is 54.6 Å². The van der Waals surface area contributed by atoms with Gasteiger partial charge in [0.1, 0.15) is 157 Å². The van der Waals surface area contributed by atoms with Gasteiger partial charge in [0.25, 0.3) is 0 Å². The first-order valence-electron chi connectivity index (χ1n) is 18.0. The van der Waals surface area contributed by atoms with Crippen LogP contribution >= 0.6 is 0 Å². The lowest BCUT2D eigenvalue weighted by atomic mass is 9.56. The molecule has 0 N–H and O–H groups in total. The molecule has 0 spiro atoms. The molecule has 20 heteroatoms. The van der Waals surface area contributed by atoms with Gasteiger partial charge in [0, 0.05) is 0 Å². The van der Waals surface area contributed by atoms with Gasteiger partial charge in [-0.1, -0.05) is 91.0 Å². The van der Waals surface area contributed by atoms with Crippen LogP contribution in [0, 0.1) is 0 Å². The maximum atomic E-state index is 7.00. The standard InChI is InChI=1S/C40H6B20/c41-21-12(16-20(29(49)31(21)51)30(50)37(57)34(54)24(16)44)10-6-5-9(7-3-1-2-4-8(7)10)11-14-17(25(45)35(55)32(52)22(14)42)13(18-15(11)23(43)33(53)36(56)26(18)46)19-27(47)38(58)40(60)39(59)28(19)48/h1-6H. The zero-order chi connectivity index (χ0) is 43.9. The lowest BCUT2D eigenvalue weighted by Crippen LogP contribution is -2.55. The van der Waals surface area contributed by atoms with Gasteiger partial charge >= 0.3 is 0 Å². The van der Waals surface area contributed by atoms with Gasteiger partial charge in [0.2, 0.25) is 0 Å². The number of hydrogen-bond acceptors (Lipinski definition) is 0. The highest BCUT2D eigenvalue weighted by molar-refractivity contribution is 6.75. The van der Waals surface area contributed by atoms with Gasteiger partial charge in [-0.25, -0.2) is 0 Å². The third-order valence-corrected chi connectivity index (χ3v) is 11.8. The van der Waals surface area contributed by atoms with Crippen molar-refractivity contribution in [1.29, 1.82) is 0 Å². The third-order valence-electron chi connectivity index (χ3n) is 11.8. The van der Waals surface area contributed by atoms with E-state index in [1.54, 1.807) is 12.1 Å². The minimum atomic E-state index is -0.0597. The lowest BCUT2D eigenvalue weighted by molar-refractivity contribution is 1.72. The first-order valence-corrected chi connectivity index (χ1v) is 18.0. The number of rotatable bonds is 3. The minimum absolute atomic E-state index is 0.0153. The van der Waals surface area contributed by atoms with Crippen LogP contribution in [0.15, 0.2) is 36.4 Å². The summed E-state index contributed by atoms with van der Waals surface area (Å²) in [5.41, 5.74) is 2.28. The molecule has 0 saturated heterocycles. The molecule has 0 aliphatic carbocycles. The van der Waals surface area contributed by atoms with Gasteiger partial charge in [-0.2, -0.15) is 0 Å². The average Bonchev–Trinajstić information content (AvgIpc) is 3.24. The van der Waals surface area contributed by atoms with Crippen molar-refractivity contribution in [3.05, 3.63) is 36.4 Å². The van der Waals surface area contributed by atoms with Gasteiger partial charge in [0.05, 0.1) is 0 Å². The molecule has 0 aliphatic heterocycles. The normalized spacial score (nSPS) is 11.7. The molecule has 226 valence electrons. The molecular weight excluding hydrogens is 697 g/mol. The Balaban J connectivity index is 1.66. The summed E-state index contributed by atoms with van der Waals surface area (Å²) in [6, 6.07) is 11.0. The maximum absolute atomic E-state index is 7.00. The molecule has 0 aliphatic rings. The van der Waals surface area contributed by atoms with Crippen molar-refractivity contribution < 1.29 is 0 Å². The monoisotopic (exact) mass is 706 g/mol. The summed E-state index contributed by atoms with van der Waals surface area (Å²) in [5, 5.41) is 2.84. The molecule has 0 heterocycles. The summed E-state index contributed by atoms with van der Waals surface area (Å²) < 4.78 is 0. The Morgan fingerprint density at radius 2 is 0.417 bits per heavy atom. The fourth-order valence-electron chi connectivity index (χ4n) is 8.52. The summed E-state index contributed by atoms with van der Waals surface area (Å²) in [5.74, 6) is 0. The van der Waals surface area contributed by atoms with E-state index in [-0.39, 0.29) is 147 Å². The largest absolute Gasteiger partial charge is 0.113 e. The zero-order valence-corrected chi connectivity index (χ0v) is 32.0. The molecule has 0 unspecified atom stereocenters. The number of benzene rings is 8. The second-order valence-corrected chi connectivity index (χ2v) is 14.7. The van der Waals surface area contributed by atoms with E-state index in [9.17, 15) is 0 Å². The van der Waals surface area contributed by atoms with Crippen molar-refractivity contribution >= 4 is 309 Å². The van der Waals surface area contributed by atoms with Crippen molar-refractivity contribution in [2.24, 2.45) is 0 Å². The van der Waals surface area contributed by atoms with Crippen LogP contribution < -0.4 is 109 Å². The summed E-state index contributed by atoms with van der Waals surface area (Å²) in [6.07, 6.45) is 0. The zero-order valence-electron chi connectivity index (χ0n) is 32.0. The first-order chi connectivity index (χ1) is 28.2. The van der Waals surface area contributed by atoms with Crippen molar-refractivity contribution in [2.75, 3.05) is 0 Å². The fraction of sp³-hybridized carbons (Fsp3) is 0. The van der Waals surface area contributed by atoms with Gasteiger partial charge in [-0.05, 0) is 76.5 Å². The predicted octanol–water partition coefficient (Wildman–Crippen LogP) is -12.8. The third kappa shape index (κ3) is 5.66. The maximum Gasteiger partial charge on any atom is 0.113 e. The van der Waals surface area contributed by atoms with Crippen LogP contribution in [0.5, 0.6) is 0 Å². The quantitative estimate of drug-likeness (QED) is 0.127. The van der Waals surface area contributed by atoms with Crippen LogP contribution in [-0.2, 0) is 0 Å². The summed E-state index contributed by atoms with van der Waals surface area (Å²) in [6.45, 7) is 0. The van der Waals surface area contributed by atoms with Crippen molar-refractivity contribution in [3.8, 4) is 33.4 Å². The van der Waals surface area contributed by atoms with Crippen LogP contribution in [0.25, 0.3) is 76.5 Å². The van der Waals surface area contributed by atoms with Crippen LogP contribution in [0.4, 0.5) is 0 Å². The topological polar surface area (TPSA) is 0 Å². The van der Waals surface area contributed by atoms with Gasteiger partial charge < -0.3 is 0 Å². The van der Waals surface area contributed by atoms with Gasteiger partial charge in [-0.3, -0.25) is 0 Å². The molecule has 0 amide bonds. The summed E-state index contributed by atoms with van der Waals surface area (Å²) in [7, 11) is 133. The van der Waals surface area contributed by atoms with E-state index in [1.807, 2.05) is 24.3 Å². The van der Waals surface area contributed by atoms with E-state index in [0.29, 0.717) is 38.4 Å². The molecule has 0 saturated carbocycles. The molecule has 0 fully saturated rings. The van der Waals surface area contributed by atoms with E-state index in [2.05, 4.69) is 0 Å². The predicted molar refractivity (Wildman–Crippen MR) is 281 cm³/mol. The Morgan fingerprint density at radius 3 is 0.783 bits per heavy atom. The SMILES string of the molecule is [B]c1c([B])c([B])c(-c2c3c([B])c([B])c([B])c([B])c3c(-c3ccc(-c4c([B])c([B])c([B])c5c([B])c([B])c([B])c([B])c45)c4ccccc34)c3c([B])c([B])c([B])c([B])c23)c([B])c1[B]. The molecule has 0 aromatic heterocycles. The fourth-order valence-corrected chi connectivity index (χ4v) is 8.52. The molecule has 0 bridgehead atoms. The summed E-state index contributed by atoms with van der Waals surface area (Å²) in [4.78, 5) is 0. The molecule has 0 atom stereocenters. The highest BCUT2D eigenvalue weighted by Gasteiger charge is 2.28. The molecule has 8 aromatic carbocycles. The molecule has 40 radical (unpaired) electrons. The Morgan fingerprint density at radius 1 is 0.183 bits per heavy atom. The molecule has 0 nitrogen and oxygen atoms in total. The molecule has 8 rings (SSSR count). The average molecular weight is 703 g/mol. The first kappa shape index (κ1) is 42.8. The molecule has 60 heavy (non-hydrogen) atoms. The van der Waals surface area contributed by atoms with Crippen molar-refractivity contribution in [1.82, 2.24) is 0 Å². The van der Waals surface area contributed by atoms with Crippen LogP contribution in [0.3, 0.4) is 0 Å². The highest BCUT2D eigenvalue weighted by Crippen LogP contribution is 2.43. The highest BCUT2D eigenvalue weighted by atomic mass is 14.3. The Labute approximate surface area is 376 Å². The second kappa shape index (κ2) is 14.9. The molecular formula is C40H6B20. The van der Waals surface area contributed by atoms with E-state index in [4.69, 9.17) is 157 Å². The summed E-state index contributed by atoms with van der Waals surface area (Å²) >= 11 is 0. The smallest absolute Gasteiger partial charge is 0.112 e. The Bertz CT molecular complexity index is 3200. The van der Waals surface area contributed by atoms with Crippen LogP contribution in [0.1, 0.15) is 0 Å². The van der Waals surface area contributed by atoms with Crippen LogP contribution in [-0.4, -0.2) is 157 Å². The Kier molecular flexibility index (Phi) is 10.6. The lowest BCUT2D eigenvalue weighted by Gasteiger charge is -2.31. The number of fused-ring (bicyclic) bond motifs is 4. The number of hydrogen-bond donors (Lipinski definition) is 0. The van der Waals surface area contributed by atoms with E-state index in [0.717, 1.165) is 0 Å². The van der Waals surface area contributed by atoms with Crippen molar-refractivity contribution in [3.63, 3.8) is 0 Å². The minimum Gasteiger partial charge on any atom is -0.112 e. The van der Waals surface area contributed by atoms with Gasteiger partial charge in [0.15, 0.2) is 0 Å². The van der Waals surface area contributed by atoms with Crippen molar-refractivity contribution in [2.45, 2.75) is 0 Å². The second-order valence-electron chi connectivity index (χ2n) is 14.7. The van der Waals surface area contributed by atoms with Crippen LogP contribution in [0.2, 0.25) is 0 Å². The van der Waals surface area contributed by atoms with E-state index in [1.165, 1.54) is 0 Å². The molecule has 8 aromatic rings. The van der Waals surface area contributed by atoms with E-state index >= 15 is 0 Å². The van der Waals surface area contributed by atoms with E-state index < -0.39 is 0 Å². The Hall–Kier alpha value is -3.90.